The molecule has 5 heteroatoms. The van der Waals surface area contributed by atoms with Crippen LogP contribution in [0.5, 0.6) is 0 Å². The molecule has 2 nitrogen and oxygen atoms in total. The lowest BCUT2D eigenvalue weighted by Gasteiger charge is -2.05. The summed E-state index contributed by atoms with van der Waals surface area (Å²) in [6.07, 6.45) is 0. The Hall–Kier alpha value is -0.610. The zero-order valence-electron chi connectivity index (χ0n) is 9.34. The lowest BCUT2D eigenvalue weighted by atomic mass is 10.2. The lowest BCUT2D eigenvalue weighted by Crippen LogP contribution is -2.13. The molecule has 0 saturated heterocycles. The SMILES string of the molecule is Cc1nc(CNCc2ccc(Cl)cc2Cl)cs1. The van der Waals surface area contributed by atoms with Gasteiger partial charge in [-0.25, -0.2) is 4.98 Å². The minimum absolute atomic E-state index is 0.661. The first-order chi connectivity index (χ1) is 8.15. The molecule has 0 spiro atoms. The van der Waals surface area contributed by atoms with Crippen molar-refractivity contribution in [2.24, 2.45) is 0 Å². The number of nitrogens with zero attached hydrogens (tertiary/aromatic N) is 1. The maximum Gasteiger partial charge on any atom is 0.0897 e. The van der Waals surface area contributed by atoms with E-state index in [9.17, 15) is 0 Å². The van der Waals surface area contributed by atoms with Crippen molar-refractivity contribution in [2.75, 3.05) is 0 Å². The molecule has 2 aromatic rings. The molecular weight excluding hydrogens is 275 g/mol. The summed E-state index contributed by atoms with van der Waals surface area (Å²) in [5.41, 5.74) is 2.11. The Morgan fingerprint density at radius 3 is 2.76 bits per heavy atom. The second-order valence-electron chi connectivity index (χ2n) is 3.70. The van der Waals surface area contributed by atoms with Gasteiger partial charge in [0.2, 0.25) is 0 Å². The Labute approximate surface area is 115 Å². The van der Waals surface area contributed by atoms with Gasteiger partial charge < -0.3 is 5.32 Å². The van der Waals surface area contributed by atoms with Gasteiger partial charge in [0.25, 0.3) is 0 Å². The van der Waals surface area contributed by atoms with E-state index < -0.39 is 0 Å². The van der Waals surface area contributed by atoms with Crippen LogP contribution in [0.2, 0.25) is 10.0 Å². The smallest absolute Gasteiger partial charge is 0.0897 e. The third-order valence-corrected chi connectivity index (χ3v) is 3.71. The number of aryl methyl sites for hydroxylation is 1. The standard InChI is InChI=1S/C12H12Cl2N2S/c1-8-16-11(7-17-8)6-15-5-9-2-3-10(13)4-12(9)14/h2-4,7,15H,5-6H2,1H3. The second-order valence-corrected chi connectivity index (χ2v) is 5.60. The van der Waals surface area contributed by atoms with Crippen molar-refractivity contribution < 1.29 is 0 Å². The fourth-order valence-corrected chi connectivity index (χ4v) is 2.57. The number of benzene rings is 1. The minimum Gasteiger partial charge on any atom is -0.307 e. The quantitative estimate of drug-likeness (QED) is 0.917. The first-order valence-corrected chi connectivity index (χ1v) is 6.84. The van der Waals surface area contributed by atoms with Crippen LogP contribution in [0.15, 0.2) is 23.6 Å². The Kier molecular flexibility index (Phi) is 4.40. The third kappa shape index (κ3) is 3.68. The molecule has 0 bridgehead atoms. The average molecular weight is 287 g/mol. The molecule has 0 aliphatic carbocycles. The first kappa shape index (κ1) is 12.8. The maximum absolute atomic E-state index is 6.08. The summed E-state index contributed by atoms with van der Waals surface area (Å²) in [4.78, 5) is 4.38. The van der Waals surface area contributed by atoms with E-state index in [0.717, 1.165) is 22.8 Å². The predicted octanol–water partition coefficient (Wildman–Crippen LogP) is 4.05. The molecule has 0 radical (unpaired) electrons. The van der Waals surface area contributed by atoms with E-state index >= 15 is 0 Å². The molecule has 0 amide bonds. The van der Waals surface area contributed by atoms with E-state index in [1.165, 1.54) is 0 Å². The monoisotopic (exact) mass is 286 g/mol. The molecule has 0 aliphatic rings. The van der Waals surface area contributed by atoms with Crippen LogP contribution in [0.1, 0.15) is 16.3 Å². The summed E-state index contributed by atoms with van der Waals surface area (Å²) >= 11 is 13.6. The predicted molar refractivity (Wildman–Crippen MR) is 73.9 cm³/mol. The molecule has 0 atom stereocenters. The summed E-state index contributed by atoms with van der Waals surface area (Å²) in [5, 5.41) is 7.81. The van der Waals surface area contributed by atoms with Gasteiger partial charge in [-0.05, 0) is 24.6 Å². The Morgan fingerprint density at radius 2 is 2.12 bits per heavy atom. The molecule has 0 unspecified atom stereocenters. The number of rotatable bonds is 4. The number of halogens is 2. The van der Waals surface area contributed by atoms with Crippen molar-refractivity contribution in [3.05, 3.63) is 49.9 Å². The van der Waals surface area contributed by atoms with Gasteiger partial charge in [-0.1, -0.05) is 29.3 Å². The molecule has 1 aromatic carbocycles. The number of nitrogens with one attached hydrogen (secondary N) is 1. The molecule has 17 heavy (non-hydrogen) atoms. The zero-order chi connectivity index (χ0) is 12.3. The van der Waals surface area contributed by atoms with Crippen LogP contribution in [0, 0.1) is 6.92 Å². The van der Waals surface area contributed by atoms with E-state index in [1.807, 2.05) is 19.1 Å². The summed E-state index contributed by atoms with van der Waals surface area (Å²) < 4.78 is 0. The highest BCUT2D eigenvalue weighted by Crippen LogP contribution is 2.20. The topological polar surface area (TPSA) is 24.9 Å². The number of thiazole rings is 1. The highest BCUT2D eigenvalue weighted by Gasteiger charge is 2.02. The molecule has 2 rings (SSSR count). The fourth-order valence-electron chi connectivity index (χ4n) is 1.48. The van der Waals surface area contributed by atoms with Gasteiger partial charge >= 0.3 is 0 Å². The van der Waals surface area contributed by atoms with Crippen LogP contribution in [-0.4, -0.2) is 4.98 Å². The molecule has 0 fully saturated rings. The van der Waals surface area contributed by atoms with E-state index in [-0.39, 0.29) is 0 Å². The molecule has 0 saturated carbocycles. The van der Waals surface area contributed by atoms with Gasteiger partial charge in [0.15, 0.2) is 0 Å². The van der Waals surface area contributed by atoms with Crippen molar-refractivity contribution in [3.8, 4) is 0 Å². The van der Waals surface area contributed by atoms with Gasteiger partial charge in [0.1, 0.15) is 0 Å². The summed E-state index contributed by atoms with van der Waals surface area (Å²) in [6, 6.07) is 5.54. The van der Waals surface area contributed by atoms with E-state index in [0.29, 0.717) is 16.6 Å². The summed E-state index contributed by atoms with van der Waals surface area (Å²) in [7, 11) is 0. The van der Waals surface area contributed by atoms with Gasteiger partial charge in [0, 0.05) is 28.5 Å². The van der Waals surface area contributed by atoms with Gasteiger partial charge in [-0.3, -0.25) is 0 Å². The highest BCUT2D eigenvalue weighted by atomic mass is 35.5. The average Bonchev–Trinajstić information content (AvgIpc) is 2.68. The number of hydrogen-bond acceptors (Lipinski definition) is 3. The summed E-state index contributed by atoms with van der Waals surface area (Å²) in [6.45, 7) is 3.47. The van der Waals surface area contributed by atoms with Crippen LogP contribution in [0.25, 0.3) is 0 Å². The van der Waals surface area contributed by atoms with Crippen LogP contribution >= 0.6 is 34.5 Å². The maximum atomic E-state index is 6.08. The third-order valence-electron chi connectivity index (χ3n) is 2.30. The number of hydrogen-bond donors (Lipinski definition) is 1. The molecule has 90 valence electrons. The van der Waals surface area contributed by atoms with Crippen LogP contribution in [-0.2, 0) is 13.1 Å². The molecule has 1 heterocycles. The molecule has 1 N–H and O–H groups in total. The van der Waals surface area contributed by atoms with E-state index in [1.54, 1.807) is 17.4 Å². The minimum atomic E-state index is 0.661. The first-order valence-electron chi connectivity index (χ1n) is 5.21. The molecule has 1 aromatic heterocycles. The van der Waals surface area contributed by atoms with Crippen molar-refractivity contribution >= 4 is 34.5 Å². The Morgan fingerprint density at radius 1 is 1.29 bits per heavy atom. The number of aromatic nitrogens is 1. The lowest BCUT2D eigenvalue weighted by molar-refractivity contribution is 0.682. The largest absolute Gasteiger partial charge is 0.307 e. The summed E-state index contributed by atoms with van der Waals surface area (Å²) in [5.74, 6) is 0. The van der Waals surface area contributed by atoms with Crippen molar-refractivity contribution in [1.82, 2.24) is 10.3 Å². The van der Waals surface area contributed by atoms with Gasteiger partial charge in [0.05, 0.1) is 10.7 Å². The van der Waals surface area contributed by atoms with Crippen LogP contribution in [0.4, 0.5) is 0 Å². The second kappa shape index (κ2) is 5.83. The van der Waals surface area contributed by atoms with Crippen molar-refractivity contribution in [2.45, 2.75) is 20.0 Å². The highest BCUT2D eigenvalue weighted by molar-refractivity contribution is 7.09. The van der Waals surface area contributed by atoms with E-state index in [4.69, 9.17) is 23.2 Å². The zero-order valence-corrected chi connectivity index (χ0v) is 11.7. The van der Waals surface area contributed by atoms with Gasteiger partial charge in [-0.2, -0.15) is 0 Å². The van der Waals surface area contributed by atoms with Crippen LogP contribution in [0.3, 0.4) is 0 Å². The van der Waals surface area contributed by atoms with Crippen molar-refractivity contribution in [1.29, 1.82) is 0 Å². The van der Waals surface area contributed by atoms with E-state index in [2.05, 4.69) is 15.7 Å². The van der Waals surface area contributed by atoms with Gasteiger partial charge in [-0.15, -0.1) is 11.3 Å². The normalized spacial score (nSPS) is 10.8. The molecular formula is C12H12Cl2N2S. The van der Waals surface area contributed by atoms with Crippen LogP contribution < -0.4 is 5.32 Å². The fraction of sp³-hybridized carbons (Fsp3) is 0.250. The van der Waals surface area contributed by atoms with Crippen molar-refractivity contribution in [3.63, 3.8) is 0 Å². The Bertz CT molecular complexity index is 511. The molecule has 0 aliphatic heterocycles. The Balaban J connectivity index is 1.90.